The fraction of sp³-hybridized carbons (Fsp3) is 0.600. The summed E-state index contributed by atoms with van der Waals surface area (Å²) in [6.07, 6.45) is 5.19. The van der Waals surface area contributed by atoms with Crippen LogP contribution < -0.4 is 10.6 Å². The van der Waals surface area contributed by atoms with Crippen molar-refractivity contribution in [1.82, 2.24) is 15.7 Å². The van der Waals surface area contributed by atoms with Gasteiger partial charge in [0.25, 0.3) is 0 Å². The monoisotopic (exact) mass is 363 g/mol. The Bertz CT molecular complexity index is 510. The zero-order valence-electron chi connectivity index (χ0n) is 16.2. The highest BCUT2D eigenvalue weighted by molar-refractivity contribution is 5.79. The van der Waals surface area contributed by atoms with Crippen LogP contribution in [0.5, 0.6) is 0 Å². The number of amides is 2. The molecule has 0 heterocycles. The highest BCUT2D eigenvalue weighted by Gasteiger charge is 2.31. The van der Waals surface area contributed by atoms with Crippen molar-refractivity contribution in [2.45, 2.75) is 58.6 Å². The van der Waals surface area contributed by atoms with Crippen LogP contribution in [0, 0.1) is 5.92 Å². The summed E-state index contributed by atoms with van der Waals surface area (Å²) in [7, 11) is 1.78. The number of nitrogens with zero attached hydrogens (tertiary/aromatic N) is 1. The van der Waals surface area contributed by atoms with Crippen LogP contribution >= 0.6 is 0 Å². The molecule has 0 bridgehead atoms. The van der Waals surface area contributed by atoms with Crippen LogP contribution in [-0.2, 0) is 21.0 Å². The highest BCUT2D eigenvalue weighted by atomic mass is 16.7. The van der Waals surface area contributed by atoms with E-state index < -0.39 is 0 Å². The van der Waals surface area contributed by atoms with Gasteiger partial charge in [0.1, 0.15) is 6.61 Å². The van der Waals surface area contributed by atoms with Gasteiger partial charge >= 0.3 is 0 Å². The van der Waals surface area contributed by atoms with Gasteiger partial charge in [-0.25, -0.2) is 5.06 Å². The van der Waals surface area contributed by atoms with Gasteiger partial charge in [0.05, 0.1) is 18.6 Å². The molecule has 0 aliphatic carbocycles. The summed E-state index contributed by atoms with van der Waals surface area (Å²) < 4.78 is 0. The lowest BCUT2D eigenvalue weighted by atomic mass is 9.90. The van der Waals surface area contributed by atoms with Gasteiger partial charge in [0.15, 0.2) is 0 Å². The summed E-state index contributed by atoms with van der Waals surface area (Å²) in [6, 6.07) is 9.40. The van der Waals surface area contributed by atoms with E-state index in [1.54, 1.807) is 7.05 Å². The molecule has 0 fully saturated rings. The minimum absolute atomic E-state index is 0.0440. The second-order valence-corrected chi connectivity index (χ2v) is 6.37. The molecule has 1 aromatic rings. The molecule has 6 nitrogen and oxygen atoms in total. The van der Waals surface area contributed by atoms with Gasteiger partial charge < -0.3 is 10.6 Å². The zero-order valence-corrected chi connectivity index (χ0v) is 16.2. The molecule has 2 N–H and O–H groups in total. The van der Waals surface area contributed by atoms with Gasteiger partial charge in [-0.3, -0.25) is 14.4 Å². The average Bonchev–Trinajstić information content (AvgIpc) is 2.68. The molecule has 0 aliphatic rings. The molecule has 0 spiro atoms. The molecule has 0 saturated heterocycles. The molecule has 0 aromatic heterocycles. The van der Waals surface area contributed by atoms with Crippen molar-refractivity contribution in [2.75, 3.05) is 13.7 Å². The molecular formula is C20H33N3O3. The standard InChI is InChI=1S/C20H33N3O3/c1-4-6-8-13-18(20(25)22-15-21-3)19(5-2)23(16-24)26-14-17-11-9-7-10-12-17/h7,9-12,16,18-19,21H,4-6,8,13-15H2,1-3H3,(H,22,25). The fourth-order valence-corrected chi connectivity index (χ4v) is 2.99. The smallest absolute Gasteiger partial charge is 0.233 e. The lowest BCUT2D eigenvalue weighted by molar-refractivity contribution is -0.200. The Morgan fingerprint density at radius 1 is 1.23 bits per heavy atom. The molecule has 0 radical (unpaired) electrons. The Labute approximate surface area is 157 Å². The van der Waals surface area contributed by atoms with E-state index in [9.17, 15) is 9.59 Å². The van der Waals surface area contributed by atoms with E-state index in [-0.39, 0.29) is 17.9 Å². The predicted molar refractivity (Wildman–Crippen MR) is 103 cm³/mol. The summed E-state index contributed by atoms with van der Waals surface area (Å²) in [5, 5.41) is 7.12. The Hall–Kier alpha value is -1.92. The summed E-state index contributed by atoms with van der Waals surface area (Å²) >= 11 is 0. The topological polar surface area (TPSA) is 70.7 Å². The minimum atomic E-state index is -0.291. The van der Waals surface area contributed by atoms with E-state index in [2.05, 4.69) is 17.6 Å². The lowest BCUT2D eigenvalue weighted by Crippen LogP contribution is -2.47. The van der Waals surface area contributed by atoms with E-state index >= 15 is 0 Å². The number of nitrogens with one attached hydrogen (secondary N) is 2. The van der Waals surface area contributed by atoms with E-state index in [0.717, 1.165) is 31.2 Å². The van der Waals surface area contributed by atoms with Crippen molar-refractivity contribution in [2.24, 2.45) is 5.92 Å². The predicted octanol–water partition coefficient (Wildman–Crippen LogP) is 2.84. The summed E-state index contributed by atoms with van der Waals surface area (Å²) in [6.45, 7) is 4.82. The molecule has 26 heavy (non-hydrogen) atoms. The second kappa shape index (κ2) is 13.3. The fourth-order valence-electron chi connectivity index (χ4n) is 2.99. The number of unbranched alkanes of at least 4 members (excludes halogenated alkanes) is 2. The zero-order chi connectivity index (χ0) is 19.2. The molecule has 2 amide bonds. The quantitative estimate of drug-likeness (QED) is 0.231. The van der Waals surface area contributed by atoms with Crippen LogP contribution in [0.3, 0.4) is 0 Å². The lowest BCUT2D eigenvalue weighted by Gasteiger charge is -2.32. The third-order valence-corrected chi connectivity index (χ3v) is 4.43. The maximum absolute atomic E-state index is 12.6. The third kappa shape index (κ3) is 7.54. The number of carbonyl (C=O) groups is 2. The van der Waals surface area contributed by atoms with Gasteiger partial charge in [0, 0.05) is 0 Å². The molecule has 0 saturated carbocycles. The Kier molecular flexibility index (Phi) is 11.3. The van der Waals surface area contributed by atoms with Crippen LogP contribution in [0.25, 0.3) is 0 Å². The van der Waals surface area contributed by atoms with Crippen LogP contribution in [0.2, 0.25) is 0 Å². The maximum atomic E-state index is 12.6. The van der Waals surface area contributed by atoms with Crippen LogP contribution in [0.1, 0.15) is 51.5 Å². The largest absolute Gasteiger partial charge is 0.343 e. The molecule has 146 valence electrons. The summed E-state index contributed by atoms with van der Waals surface area (Å²) in [5.41, 5.74) is 0.983. The molecule has 6 heteroatoms. The van der Waals surface area contributed by atoms with Crippen LogP contribution in [0.15, 0.2) is 30.3 Å². The Morgan fingerprint density at radius 3 is 2.54 bits per heavy atom. The van der Waals surface area contributed by atoms with Gasteiger partial charge in [-0.15, -0.1) is 0 Å². The molecule has 2 unspecified atom stereocenters. The average molecular weight is 364 g/mol. The van der Waals surface area contributed by atoms with E-state index in [0.29, 0.717) is 26.1 Å². The SMILES string of the molecule is CCCCCC(C(=O)NCNC)C(CC)N(C=O)OCc1ccccc1. The molecule has 0 aliphatic heterocycles. The first-order chi connectivity index (χ1) is 12.7. The Balaban J connectivity index is 2.81. The first-order valence-electron chi connectivity index (χ1n) is 9.50. The normalized spacial score (nSPS) is 13.0. The van der Waals surface area contributed by atoms with Gasteiger partial charge in [-0.05, 0) is 25.5 Å². The number of benzene rings is 1. The molecule has 1 aromatic carbocycles. The van der Waals surface area contributed by atoms with Crippen molar-refractivity contribution < 1.29 is 14.4 Å². The van der Waals surface area contributed by atoms with Gasteiger partial charge in [0.2, 0.25) is 12.3 Å². The van der Waals surface area contributed by atoms with E-state index in [1.165, 1.54) is 5.06 Å². The maximum Gasteiger partial charge on any atom is 0.233 e. The number of carbonyl (C=O) groups excluding carboxylic acids is 2. The van der Waals surface area contributed by atoms with Crippen molar-refractivity contribution in [3.63, 3.8) is 0 Å². The third-order valence-electron chi connectivity index (χ3n) is 4.43. The first-order valence-corrected chi connectivity index (χ1v) is 9.50. The number of hydrogen-bond donors (Lipinski definition) is 2. The van der Waals surface area contributed by atoms with Crippen LogP contribution in [-0.4, -0.2) is 37.1 Å². The van der Waals surface area contributed by atoms with Crippen LogP contribution in [0.4, 0.5) is 0 Å². The van der Waals surface area contributed by atoms with E-state index in [1.807, 2.05) is 37.3 Å². The Morgan fingerprint density at radius 2 is 1.96 bits per heavy atom. The summed E-state index contributed by atoms with van der Waals surface area (Å²) in [5.74, 6) is -0.335. The molecule has 2 atom stereocenters. The van der Waals surface area contributed by atoms with Crippen molar-refractivity contribution in [1.29, 1.82) is 0 Å². The number of hydrogen-bond acceptors (Lipinski definition) is 4. The van der Waals surface area contributed by atoms with E-state index in [4.69, 9.17) is 4.84 Å². The van der Waals surface area contributed by atoms with Gasteiger partial charge in [-0.1, -0.05) is 63.4 Å². The minimum Gasteiger partial charge on any atom is -0.343 e. The number of rotatable bonds is 14. The number of hydroxylamine groups is 2. The second-order valence-electron chi connectivity index (χ2n) is 6.37. The molecular weight excluding hydrogens is 330 g/mol. The van der Waals surface area contributed by atoms with Gasteiger partial charge in [-0.2, -0.15) is 0 Å². The molecule has 1 rings (SSSR count). The summed E-state index contributed by atoms with van der Waals surface area (Å²) in [4.78, 5) is 30.0. The van der Waals surface area contributed by atoms with Crippen molar-refractivity contribution in [3.8, 4) is 0 Å². The van der Waals surface area contributed by atoms with Crippen molar-refractivity contribution >= 4 is 12.3 Å². The van der Waals surface area contributed by atoms with Crippen molar-refractivity contribution in [3.05, 3.63) is 35.9 Å². The first kappa shape index (κ1) is 22.1. The highest BCUT2D eigenvalue weighted by Crippen LogP contribution is 2.22.